The number of aliphatic hydroxyl groups is 2. The molecule has 0 aliphatic rings. The standard InChI is InChI=1S/C11H16FNO3/c1-16-9-4-2-3-7(12)10(9)11(15)8(14)5-6-13/h2-4,8,11,14-15H,5-6,13H2,1H3. The number of methoxy groups -OCH3 is 1. The van der Waals surface area contributed by atoms with Crippen molar-refractivity contribution in [2.24, 2.45) is 5.73 Å². The topological polar surface area (TPSA) is 75.7 Å². The molecule has 4 N–H and O–H groups in total. The molecule has 0 spiro atoms. The minimum absolute atomic E-state index is 0.0362. The fraction of sp³-hybridized carbons (Fsp3) is 0.455. The van der Waals surface area contributed by atoms with Gasteiger partial charge in [0.15, 0.2) is 0 Å². The molecule has 1 aromatic carbocycles. The predicted octanol–water partition coefficient (Wildman–Crippen LogP) is 0.577. The van der Waals surface area contributed by atoms with Gasteiger partial charge in [0.25, 0.3) is 0 Å². The lowest BCUT2D eigenvalue weighted by molar-refractivity contribution is 0.0116. The van der Waals surface area contributed by atoms with Gasteiger partial charge in [-0.1, -0.05) is 6.07 Å². The van der Waals surface area contributed by atoms with Crippen molar-refractivity contribution in [1.82, 2.24) is 0 Å². The van der Waals surface area contributed by atoms with Gasteiger partial charge < -0.3 is 20.7 Å². The molecule has 0 saturated heterocycles. The largest absolute Gasteiger partial charge is 0.496 e. The second kappa shape index (κ2) is 5.79. The summed E-state index contributed by atoms with van der Waals surface area (Å²) < 4.78 is 18.4. The summed E-state index contributed by atoms with van der Waals surface area (Å²) in [7, 11) is 1.38. The van der Waals surface area contributed by atoms with Crippen molar-refractivity contribution >= 4 is 0 Å². The van der Waals surface area contributed by atoms with Crippen LogP contribution in [0.2, 0.25) is 0 Å². The van der Waals surface area contributed by atoms with E-state index in [1.165, 1.54) is 25.3 Å². The van der Waals surface area contributed by atoms with Gasteiger partial charge in [0.1, 0.15) is 17.7 Å². The van der Waals surface area contributed by atoms with E-state index in [0.717, 1.165) is 0 Å². The van der Waals surface area contributed by atoms with Gasteiger partial charge in [0.05, 0.1) is 18.8 Å². The third kappa shape index (κ3) is 2.69. The Morgan fingerprint density at radius 1 is 1.44 bits per heavy atom. The van der Waals surface area contributed by atoms with E-state index < -0.39 is 18.0 Å². The third-order valence-electron chi connectivity index (χ3n) is 2.36. The zero-order chi connectivity index (χ0) is 12.1. The van der Waals surface area contributed by atoms with Crippen molar-refractivity contribution in [3.05, 3.63) is 29.6 Å². The lowest BCUT2D eigenvalue weighted by Gasteiger charge is -2.20. The van der Waals surface area contributed by atoms with Crippen LogP contribution in [0.4, 0.5) is 4.39 Å². The number of ether oxygens (including phenoxy) is 1. The molecule has 0 bridgehead atoms. The van der Waals surface area contributed by atoms with Crippen LogP contribution >= 0.6 is 0 Å². The maximum atomic E-state index is 13.5. The highest BCUT2D eigenvalue weighted by Crippen LogP contribution is 2.30. The average molecular weight is 229 g/mol. The maximum absolute atomic E-state index is 13.5. The first kappa shape index (κ1) is 12.9. The van der Waals surface area contributed by atoms with E-state index in [1.807, 2.05) is 0 Å². The normalized spacial score (nSPS) is 14.6. The number of nitrogens with two attached hydrogens (primary N) is 1. The van der Waals surface area contributed by atoms with Gasteiger partial charge >= 0.3 is 0 Å². The molecule has 2 unspecified atom stereocenters. The molecule has 0 fully saturated rings. The highest BCUT2D eigenvalue weighted by molar-refractivity contribution is 5.36. The van der Waals surface area contributed by atoms with Crippen molar-refractivity contribution in [1.29, 1.82) is 0 Å². The van der Waals surface area contributed by atoms with E-state index in [1.54, 1.807) is 0 Å². The third-order valence-corrected chi connectivity index (χ3v) is 2.36. The number of hydrogen-bond donors (Lipinski definition) is 3. The zero-order valence-corrected chi connectivity index (χ0v) is 9.06. The van der Waals surface area contributed by atoms with Crippen LogP contribution in [0.1, 0.15) is 18.1 Å². The van der Waals surface area contributed by atoms with Crippen LogP contribution < -0.4 is 10.5 Å². The van der Waals surface area contributed by atoms with Crippen LogP contribution in [-0.2, 0) is 0 Å². The van der Waals surface area contributed by atoms with Gasteiger partial charge in [-0.3, -0.25) is 0 Å². The van der Waals surface area contributed by atoms with Crippen LogP contribution in [0.3, 0.4) is 0 Å². The van der Waals surface area contributed by atoms with Gasteiger partial charge in [-0.05, 0) is 25.1 Å². The van der Waals surface area contributed by atoms with E-state index >= 15 is 0 Å². The molecule has 1 rings (SSSR count). The molecule has 0 amide bonds. The monoisotopic (exact) mass is 229 g/mol. The average Bonchev–Trinajstić information content (AvgIpc) is 2.28. The molecule has 0 aliphatic heterocycles. The fourth-order valence-corrected chi connectivity index (χ4v) is 1.50. The molecule has 5 heteroatoms. The maximum Gasteiger partial charge on any atom is 0.132 e. The van der Waals surface area contributed by atoms with Crippen LogP contribution in [-0.4, -0.2) is 30.0 Å². The van der Waals surface area contributed by atoms with Crippen molar-refractivity contribution in [2.75, 3.05) is 13.7 Å². The van der Waals surface area contributed by atoms with Crippen LogP contribution in [0.25, 0.3) is 0 Å². The number of hydrogen-bond acceptors (Lipinski definition) is 4. The minimum atomic E-state index is -1.33. The highest BCUT2D eigenvalue weighted by Gasteiger charge is 2.24. The van der Waals surface area contributed by atoms with Gasteiger partial charge in [0.2, 0.25) is 0 Å². The van der Waals surface area contributed by atoms with Crippen molar-refractivity contribution in [3.8, 4) is 5.75 Å². The number of rotatable bonds is 5. The Morgan fingerprint density at radius 3 is 2.69 bits per heavy atom. The quantitative estimate of drug-likeness (QED) is 0.690. The summed E-state index contributed by atoms with van der Waals surface area (Å²) in [4.78, 5) is 0. The summed E-state index contributed by atoms with van der Waals surface area (Å²) in [6.07, 6.45) is -2.24. The Labute approximate surface area is 93.5 Å². The van der Waals surface area contributed by atoms with Crippen LogP contribution in [0.15, 0.2) is 18.2 Å². The molecule has 0 saturated carbocycles. The van der Waals surface area contributed by atoms with E-state index in [-0.39, 0.29) is 24.3 Å². The van der Waals surface area contributed by atoms with Crippen molar-refractivity contribution in [2.45, 2.75) is 18.6 Å². The van der Waals surface area contributed by atoms with Crippen LogP contribution in [0.5, 0.6) is 5.75 Å². The van der Waals surface area contributed by atoms with E-state index in [9.17, 15) is 14.6 Å². The van der Waals surface area contributed by atoms with E-state index in [0.29, 0.717) is 0 Å². The van der Waals surface area contributed by atoms with Gasteiger partial charge in [-0.2, -0.15) is 0 Å². The SMILES string of the molecule is COc1cccc(F)c1C(O)C(O)CCN. The van der Waals surface area contributed by atoms with Gasteiger partial charge in [0, 0.05) is 0 Å². The smallest absolute Gasteiger partial charge is 0.132 e. The lowest BCUT2D eigenvalue weighted by atomic mass is 10.0. The highest BCUT2D eigenvalue weighted by atomic mass is 19.1. The molecule has 16 heavy (non-hydrogen) atoms. The molecular formula is C11H16FNO3. The molecule has 2 atom stereocenters. The molecular weight excluding hydrogens is 213 g/mol. The summed E-state index contributed by atoms with van der Waals surface area (Å²) in [6.45, 7) is 0.217. The lowest BCUT2D eigenvalue weighted by Crippen LogP contribution is -2.23. The molecule has 0 aliphatic carbocycles. The Bertz CT molecular complexity index is 346. The summed E-state index contributed by atoms with van der Waals surface area (Å²) >= 11 is 0. The molecule has 0 radical (unpaired) electrons. The number of benzene rings is 1. The summed E-state index contributed by atoms with van der Waals surface area (Å²) in [5.41, 5.74) is 5.22. The van der Waals surface area contributed by atoms with Crippen molar-refractivity contribution in [3.63, 3.8) is 0 Å². The second-order valence-electron chi connectivity index (χ2n) is 3.45. The van der Waals surface area contributed by atoms with Gasteiger partial charge in [-0.25, -0.2) is 4.39 Å². The molecule has 90 valence electrons. The summed E-state index contributed by atoms with van der Waals surface area (Å²) in [6, 6.07) is 4.20. The number of halogens is 1. The van der Waals surface area contributed by atoms with Crippen molar-refractivity contribution < 1.29 is 19.3 Å². The summed E-state index contributed by atoms with van der Waals surface area (Å²) in [5, 5.41) is 19.4. The number of aliphatic hydroxyl groups excluding tert-OH is 2. The van der Waals surface area contributed by atoms with Gasteiger partial charge in [-0.15, -0.1) is 0 Å². The first-order valence-electron chi connectivity index (χ1n) is 5.00. The molecule has 4 nitrogen and oxygen atoms in total. The van der Waals surface area contributed by atoms with Crippen LogP contribution in [0, 0.1) is 5.82 Å². The molecule has 1 aromatic rings. The minimum Gasteiger partial charge on any atom is -0.496 e. The van der Waals surface area contributed by atoms with E-state index in [2.05, 4.69) is 0 Å². The predicted molar refractivity (Wildman–Crippen MR) is 57.6 cm³/mol. The molecule has 0 heterocycles. The summed E-state index contributed by atoms with van der Waals surface area (Å²) in [5.74, 6) is -0.397. The second-order valence-corrected chi connectivity index (χ2v) is 3.45. The first-order valence-corrected chi connectivity index (χ1v) is 5.00. The Morgan fingerprint density at radius 2 is 2.12 bits per heavy atom. The van der Waals surface area contributed by atoms with E-state index in [4.69, 9.17) is 10.5 Å². The fourth-order valence-electron chi connectivity index (χ4n) is 1.50. The first-order chi connectivity index (χ1) is 7.61. The Balaban J connectivity index is 3.01. The Kier molecular flexibility index (Phi) is 4.67. The molecule has 0 aromatic heterocycles. The Hall–Kier alpha value is -1.17. The zero-order valence-electron chi connectivity index (χ0n) is 9.06.